The summed E-state index contributed by atoms with van der Waals surface area (Å²) >= 11 is 1.71. The maximum absolute atomic E-state index is 4.50. The van der Waals surface area contributed by atoms with E-state index in [-0.39, 0.29) is 0 Å². The molecule has 0 aliphatic heterocycles. The van der Waals surface area contributed by atoms with Crippen molar-refractivity contribution in [2.75, 3.05) is 6.54 Å². The Kier molecular flexibility index (Phi) is 4.55. The topological polar surface area (TPSA) is 29.9 Å². The first-order valence-corrected chi connectivity index (χ1v) is 7.41. The van der Waals surface area contributed by atoms with E-state index in [4.69, 9.17) is 0 Å². The molecule has 0 radical (unpaired) electrons. The third-order valence-electron chi connectivity index (χ3n) is 3.05. The van der Waals surface area contributed by atoms with Gasteiger partial charge in [-0.25, -0.2) is 4.98 Å². The second kappa shape index (κ2) is 6.16. The summed E-state index contributed by atoms with van der Waals surface area (Å²) in [6.07, 6.45) is 5.49. The standard InChI is InChI=1S/C14H21N3S/c1-4-14(15-5-2)12-6-7-17(8-12)9-13-10-18-11(3)16-13/h6-8,10,14-15H,4-5,9H2,1-3H3. The molecule has 2 rings (SSSR count). The van der Waals surface area contributed by atoms with Gasteiger partial charge >= 0.3 is 0 Å². The molecule has 0 fully saturated rings. The Labute approximate surface area is 113 Å². The highest BCUT2D eigenvalue weighted by Crippen LogP contribution is 2.18. The molecule has 0 bridgehead atoms. The van der Waals surface area contributed by atoms with Gasteiger partial charge in [0.25, 0.3) is 0 Å². The highest BCUT2D eigenvalue weighted by molar-refractivity contribution is 7.09. The van der Waals surface area contributed by atoms with Gasteiger partial charge in [-0.1, -0.05) is 13.8 Å². The smallest absolute Gasteiger partial charge is 0.0898 e. The Balaban J connectivity index is 2.05. The maximum Gasteiger partial charge on any atom is 0.0898 e. The number of aromatic nitrogens is 2. The van der Waals surface area contributed by atoms with Crippen molar-refractivity contribution in [3.63, 3.8) is 0 Å². The molecule has 0 saturated heterocycles. The minimum absolute atomic E-state index is 0.466. The number of aryl methyl sites for hydroxylation is 1. The lowest BCUT2D eigenvalue weighted by Crippen LogP contribution is -2.19. The monoisotopic (exact) mass is 263 g/mol. The minimum atomic E-state index is 0.466. The molecule has 0 aromatic carbocycles. The first-order chi connectivity index (χ1) is 8.72. The van der Waals surface area contributed by atoms with E-state index in [2.05, 4.69) is 52.6 Å². The predicted octanol–water partition coefficient (Wildman–Crippen LogP) is 3.36. The second-order valence-corrected chi connectivity index (χ2v) is 5.56. The van der Waals surface area contributed by atoms with Crippen LogP contribution in [0.5, 0.6) is 0 Å². The summed E-state index contributed by atoms with van der Waals surface area (Å²) < 4.78 is 2.21. The van der Waals surface area contributed by atoms with Gasteiger partial charge in [-0.15, -0.1) is 11.3 Å². The highest BCUT2D eigenvalue weighted by atomic mass is 32.1. The molecule has 1 N–H and O–H groups in total. The van der Waals surface area contributed by atoms with Crippen molar-refractivity contribution in [1.82, 2.24) is 14.9 Å². The van der Waals surface area contributed by atoms with Crippen LogP contribution >= 0.6 is 11.3 Å². The van der Waals surface area contributed by atoms with E-state index in [1.807, 2.05) is 6.92 Å². The van der Waals surface area contributed by atoms with Gasteiger partial charge in [-0.2, -0.15) is 0 Å². The largest absolute Gasteiger partial charge is 0.348 e. The van der Waals surface area contributed by atoms with Crippen LogP contribution in [0.15, 0.2) is 23.8 Å². The molecule has 18 heavy (non-hydrogen) atoms. The zero-order valence-corrected chi connectivity index (χ0v) is 12.1. The van der Waals surface area contributed by atoms with Gasteiger partial charge in [0.05, 0.1) is 17.2 Å². The fourth-order valence-corrected chi connectivity index (χ4v) is 2.78. The molecular weight excluding hydrogens is 242 g/mol. The van der Waals surface area contributed by atoms with Crippen LogP contribution in [0, 0.1) is 6.92 Å². The van der Waals surface area contributed by atoms with Crippen molar-refractivity contribution in [2.24, 2.45) is 0 Å². The van der Waals surface area contributed by atoms with Crippen LogP contribution in [0.1, 0.15) is 42.6 Å². The molecular formula is C14H21N3S. The Morgan fingerprint density at radius 1 is 1.44 bits per heavy atom. The summed E-state index contributed by atoms with van der Waals surface area (Å²) in [7, 11) is 0. The molecule has 1 unspecified atom stereocenters. The van der Waals surface area contributed by atoms with Gasteiger partial charge in [0.2, 0.25) is 0 Å². The number of hydrogen-bond acceptors (Lipinski definition) is 3. The zero-order chi connectivity index (χ0) is 13.0. The van der Waals surface area contributed by atoms with Crippen LogP contribution in [0.4, 0.5) is 0 Å². The SMILES string of the molecule is CCNC(CC)c1ccn(Cc2csc(C)n2)c1. The quantitative estimate of drug-likeness (QED) is 0.866. The molecule has 3 nitrogen and oxygen atoms in total. The first-order valence-electron chi connectivity index (χ1n) is 6.53. The van der Waals surface area contributed by atoms with Crippen LogP contribution in [0.2, 0.25) is 0 Å². The van der Waals surface area contributed by atoms with Crippen LogP contribution in [-0.2, 0) is 6.54 Å². The van der Waals surface area contributed by atoms with Crippen molar-refractivity contribution in [3.05, 3.63) is 40.1 Å². The average molecular weight is 263 g/mol. The normalized spacial score (nSPS) is 12.8. The molecule has 0 spiro atoms. The van der Waals surface area contributed by atoms with E-state index in [0.29, 0.717) is 6.04 Å². The third-order valence-corrected chi connectivity index (χ3v) is 3.87. The molecule has 2 aromatic rings. The molecule has 4 heteroatoms. The van der Waals surface area contributed by atoms with Gasteiger partial charge in [-0.05, 0) is 31.5 Å². The lowest BCUT2D eigenvalue weighted by atomic mass is 10.1. The molecule has 0 aliphatic rings. The van der Waals surface area contributed by atoms with Crippen molar-refractivity contribution in [2.45, 2.75) is 39.8 Å². The van der Waals surface area contributed by atoms with E-state index in [0.717, 1.165) is 30.2 Å². The number of rotatable bonds is 6. The van der Waals surface area contributed by atoms with Crippen molar-refractivity contribution >= 4 is 11.3 Å². The van der Waals surface area contributed by atoms with E-state index < -0.39 is 0 Å². The van der Waals surface area contributed by atoms with Gasteiger partial charge in [0, 0.05) is 23.8 Å². The van der Waals surface area contributed by atoms with Crippen molar-refractivity contribution in [3.8, 4) is 0 Å². The Morgan fingerprint density at radius 3 is 2.89 bits per heavy atom. The number of nitrogens with zero attached hydrogens (tertiary/aromatic N) is 2. The number of nitrogens with one attached hydrogen (secondary N) is 1. The Hall–Kier alpha value is -1.13. The molecule has 98 valence electrons. The summed E-state index contributed by atoms with van der Waals surface area (Å²) in [5.74, 6) is 0. The lowest BCUT2D eigenvalue weighted by Gasteiger charge is -2.13. The van der Waals surface area contributed by atoms with Gasteiger partial charge in [0.1, 0.15) is 0 Å². The lowest BCUT2D eigenvalue weighted by molar-refractivity contribution is 0.536. The number of hydrogen-bond donors (Lipinski definition) is 1. The zero-order valence-electron chi connectivity index (χ0n) is 11.3. The van der Waals surface area contributed by atoms with Crippen LogP contribution in [0.25, 0.3) is 0 Å². The van der Waals surface area contributed by atoms with E-state index >= 15 is 0 Å². The van der Waals surface area contributed by atoms with E-state index in [9.17, 15) is 0 Å². The van der Waals surface area contributed by atoms with Crippen molar-refractivity contribution < 1.29 is 0 Å². The summed E-state index contributed by atoms with van der Waals surface area (Å²) in [6.45, 7) is 8.29. The third kappa shape index (κ3) is 3.21. The molecule has 2 aromatic heterocycles. The van der Waals surface area contributed by atoms with Crippen LogP contribution < -0.4 is 5.32 Å². The summed E-state index contributed by atoms with van der Waals surface area (Å²) in [6, 6.07) is 2.67. The summed E-state index contributed by atoms with van der Waals surface area (Å²) in [4.78, 5) is 4.50. The summed E-state index contributed by atoms with van der Waals surface area (Å²) in [5.41, 5.74) is 2.52. The summed E-state index contributed by atoms with van der Waals surface area (Å²) in [5, 5.41) is 6.77. The molecule has 2 heterocycles. The van der Waals surface area contributed by atoms with E-state index in [1.165, 1.54) is 5.56 Å². The minimum Gasteiger partial charge on any atom is -0.348 e. The van der Waals surface area contributed by atoms with Crippen LogP contribution in [-0.4, -0.2) is 16.1 Å². The predicted molar refractivity (Wildman–Crippen MR) is 77.1 cm³/mol. The van der Waals surface area contributed by atoms with Gasteiger partial charge in [-0.3, -0.25) is 0 Å². The maximum atomic E-state index is 4.50. The molecule has 0 aliphatic carbocycles. The number of thiazole rings is 1. The Bertz CT molecular complexity index is 487. The Morgan fingerprint density at radius 2 is 2.28 bits per heavy atom. The van der Waals surface area contributed by atoms with E-state index in [1.54, 1.807) is 11.3 Å². The van der Waals surface area contributed by atoms with Gasteiger partial charge < -0.3 is 9.88 Å². The van der Waals surface area contributed by atoms with Crippen molar-refractivity contribution in [1.29, 1.82) is 0 Å². The second-order valence-electron chi connectivity index (χ2n) is 4.49. The fraction of sp³-hybridized carbons (Fsp3) is 0.500. The van der Waals surface area contributed by atoms with Crippen LogP contribution in [0.3, 0.4) is 0 Å². The molecule has 1 atom stereocenters. The van der Waals surface area contributed by atoms with Gasteiger partial charge in [0.15, 0.2) is 0 Å². The first kappa shape index (κ1) is 13.3. The average Bonchev–Trinajstić information content (AvgIpc) is 2.96. The molecule has 0 amide bonds. The fourth-order valence-electron chi connectivity index (χ4n) is 2.18. The molecule has 0 saturated carbocycles. The highest BCUT2D eigenvalue weighted by Gasteiger charge is 2.09.